The molecule has 0 aliphatic rings. The number of rotatable bonds is 3. The van der Waals surface area contributed by atoms with E-state index in [4.69, 9.17) is 0 Å². The fraction of sp³-hybridized carbons (Fsp3) is 0.364. The van der Waals surface area contributed by atoms with Crippen molar-refractivity contribution in [3.8, 4) is 0 Å². The van der Waals surface area contributed by atoms with E-state index in [1.165, 1.54) is 0 Å². The second-order valence-electron chi connectivity index (χ2n) is 3.34. The minimum Gasteiger partial charge on any atom is -0.378 e. The standard InChI is InChI=1S/C11H14BrNO/c1-4-11(14)9-6-5-8(13(2)3)7-10(9)12/h5-7H,4H2,1-3H3. The van der Waals surface area contributed by atoms with Crippen molar-refractivity contribution in [2.75, 3.05) is 19.0 Å². The summed E-state index contributed by atoms with van der Waals surface area (Å²) in [5.41, 5.74) is 1.85. The van der Waals surface area contributed by atoms with Gasteiger partial charge in [0.15, 0.2) is 5.78 Å². The topological polar surface area (TPSA) is 20.3 Å². The van der Waals surface area contributed by atoms with Gasteiger partial charge in [0.2, 0.25) is 0 Å². The van der Waals surface area contributed by atoms with Gasteiger partial charge in [-0.15, -0.1) is 0 Å². The molecule has 0 N–H and O–H groups in total. The van der Waals surface area contributed by atoms with E-state index >= 15 is 0 Å². The molecule has 0 fully saturated rings. The van der Waals surface area contributed by atoms with Crippen LogP contribution in [0.4, 0.5) is 5.69 Å². The number of anilines is 1. The van der Waals surface area contributed by atoms with Gasteiger partial charge >= 0.3 is 0 Å². The van der Waals surface area contributed by atoms with Crippen molar-refractivity contribution in [2.24, 2.45) is 0 Å². The van der Waals surface area contributed by atoms with Crippen molar-refractivity contribution in [2.45, 2.75) is 13.3 Å². The zero-order valence-corrected chi connectivity index (χ0v) is 10.3. The Hall–Kier alpha value is -0.830. The maximum Gasteiger partial charge on any atom is 0.163 e. The molecule has 0 spiro atoms. The average molecular weight is 256 g/mol. The van der Waals surface area contributed by atoms with Gasteiger partial charge in [0.05, 0.1) is 0 Å². The van der Waals surface area contributed by atoms with Crippen LogP contribution in [0.1, 0.15) is 23.7 Å². The zero-order chi connectivity index (χ0) is 10.7. The van der Waals surface area contributed by atoms with E-state index in [1.807, 2.05) is 44.1 Å². The van der Waals surface area contributed by atoms with Crippen LogP contribution in [0.25, 0.3) is 0 Å². The first-order valence-electron chi connectivity index (χ1n) is 4.56. The predicted molar refractivity (Wildman–Crippen MR) is 63.1 cm³/mol. The van der Waals surface area contributed by atoms with Crippen LogP contribution in [0, 0.1) is 0 Å². The minimum absolute atomic E-state index is 0.169. The quantitative estimate of drug-likeness (QED) is 0.774. The second-order valence-corrected chi connectivity index (χ2v) is 4.19. The van der Waals surface area contributed by atoms with Crippen LogP contribution in [0.3, 0.4) is 0 Å². The Kier molecular flexibility index (Phi) is 3.69. The van der Waals surface area contributed by atoms with E-state index in [0.29, 0.717) is 6.42 Å². The Morgan fingerprint density at radius 3 is 2.50 bits per heavy atom. The highest BCUT2D eigenvalue weighted by molar-refractivity contribution is 9.10. The monoisotopic (exact) mass is 255 g/mol. The van der Waals surface area contributed by atoms with Gasteiger partial charge in [-0.2, -0.15) is 0 Å². The lowest BCUT2D eigenvalue weighted by molar-refractivity contribution is 0.0987. The van der Waals surface area contributed by atoms with Gasteiger partial charge in [-0.3, -0.25) is 4.79 Å². The lowest BCUT2D eigenvalue weighted by atomic mass is 10.1. The molecule has 0 aliphatic carbocycles. The summed E-state index contributed by atoms with van der Waals surface area (Å²) in [5, 5.41) is 0. The van der Waals surface area contributed by atoms with Crippen LogP contribution in [0.15, 0.2) is 22.7 Å². The third-order valence-corrected chi connectivity index (χ3v) is 2.75. The number of hydrogen-bond donors (Lipinski definition) is 0. The van der Waals surface area contributed by atoms with E-state index in [2.05, 4.69) is 15.9 Å². The summed E-state index contributed by atoms with van der Waals surface area (Å²) in [7, 11) is 3.95. The Morgan fingerprint density at radius 1 is 1.43 bits per heavy atom. The highest BCUT2D eigenvalue weighted by Crippen LogP contribution is 2.23. The van der Waals surface area contributed by atoms with Gasteiger partial charge in [-0.25, -0.2) is 0 Å². The van der Waals surface area contributed by atoms with Crippen molar-refractivity contribution < 1.29 is 4.79 Å². The Balaban J connectivity index is 3.07. The summed E-state index contributed by atoms with van der Waals surface area (Å²) >= 11 is 3.41. The Bertz CT molecular complexity index is 347. The summed E-state index contributed by atoms with van der Waals surface area (Å²) < 4.78 is 0.871. The highest BCUT2D eigenvalue weighted by atomic mass is 79.9. The molecule has 14 heavy (non-hydrogen) atoms. The average Bonchev–Trinajstić information content (AvgIpc) is 2.16. The zero-order valence-electron chi connectivity index (χ0n) is 8.67. The number of carbonyl (C=O) groups is 1. The molecular formula is C11H14BrNO. The van der Waals surface area contributed by atoms with E-state index < -0.39 is 0 Å². The molecule has 0 aromatic heterocycles. The lowest BCUT2D eigenvalue weighted by Gasteiger charge is -2.13. The van der Waals surface area contributed by atoms with Gasteiger partial charge in [-0.05, 0) is 34.1 Å². The maximum atomic E-state index is 11.5. The van der Waals surface area contributed by atoms with Gasteiger partial charge in [0.1, 0.15) is 0 Å². The normalized spacial score (nSPS) is 10.0. The van der Waals surface area contributed by atoms with Gasteiger partial charge in [-0.1, -0.05) is 6.92 Å². The molecule has 1 rings (SSSR count). The number of halogens is 1. The van der Waals surface area contributed by atoms with Crippen molar-refractivity contribution in [1.29, 1.82) is 0 Å². The first-order valence-corrected chi connectivity index (χ1v) is 5.35. The molecule has 0 heterocycles. The minimum atomic E-state index is 0.169. The molecule has 3 heteroatoms. The Labute approximate surface area is 93.0 Å². The number of Topliss-reactive ketones (excluding diaryl/α,β-unsaturated/α-hetero) is 1. The lowest BCUT2D eigenvalue weighted by Crippen LogP contribution is -2.09. The predicted octanol–water partition coefficient (Wildman–Crippen LogP) is 3.11. The molecular weight excluding hydrogens is 242 g/mol. The van der Waals surface area contributed by atoms with Crippen molar-refractivity contribution >= 4 is 27.4 Å². The van der Waals surface area contributed by atoms with Crippen molar-refractivity contribution in [3.63, 3.8) is 0 Å². The van der Waals surface area contributed by atoms with Gasteiger partial charge in [0, 0.05) is 36.2 Å². The summed E-state index contributed by atoms with van der Waals surface area (Å²) in [6.07, 6.45) is 0.542. The smallest absolute Gasteiger partial charge is 0.163 e. The molecule has 0 atom stereocenters. The molecule has 1 aromatic carbocycles. The number of nitrogens with zero attached hydrogens (tertiary/aromatic N) is 1. The van der Waals surface area contributed by atoms with E-state index in [-0.39, 0.29) is 5.78 Å². The van der Waals surface area contributed by atoms with Gasteiger partial charge in [0.25, 0.3) is 0 Å². The SMILES string of the molecule is CCC(=O)c1ccc(N(C)C)cc1Br. The third kappa shape index (κ3) is 2.35. The highest BCUT2D eigenvalue weighted by Gasteiger charge is 2.08. The van der Waals surface area contributed by atoms with Crippen molar-refractivity contribution in [1.82, 2.24) is 0 Å². The number of hydrogen-bond acceptors (Lipinski definition) is 2. The largest absolute Gasteiger partial charge is 0.378 e. The summed E-state index contributed by atoms with van der Waals surface area (Å²) in [5.74, 6) is 0.169. The molecule has 0 unspecified atom stereocenters. The molecule has 0 saturated carbocycles. The number of benzene rings is 1. The van der Waals surface area contributed by atoms with Crippen LogP contribution in [-0.2, 0) is 0 Å². The van der Waals surface area contributed by atoms with E-state index in [0.717, 1.165) is 15.7 Å². The molecule has 0 bridgehead atoms. The molecule has 0 amide bonds. The van der Waals surface area contributed by atoms with Crippen LogP contribution in [-0.4, -0.2) is 19.9 Å². The molecule has 0 aliphatic heterocycles. The maximum absolute atomic E-state index is 11.5. The van der Waals surface area contributed by atoms with Crippen molar-refractivity contribution in [3.05, 3.63) is 28.2 Å². The first-order chi connectivity index (χ1) is 6.56. The molecule has 2 nitrogen and oxygen atoms in total. The summed E-state index contributed by atoms with van der Waals surface area (Å²) in [6, 6.07) is 5.78. The fourth-order valence-corrected chi connectivity index (χ4v) is 1.79. The summed E-state index contributed by atoms with van der Waals surface area (Å²) in [4.78, 5) is 13.5. The third-order valence-electron chi connectivity index (χ3n) is 2.09. The van der Waals surface area contributed by atoms with E-state index in [9.17, 15) is 4.79 Å². The number of carbonyl (C=O) groups excluding carboxylic acids is 1. The molecule has 1 aromatic rings. The summed E-state index contributed by atoms with van der Waals surface area (Å²) in [6.45, 7) is 1.87. The van der Waals surface area contributed by atoms with Gasteiger partial charge < -0.3 is 4.90 Å². The molecule has 0 saturated heterocycles. The molecule has 0 radical (unpaired) electrons. The fourth-order valence-electron chi connectivity index (χ4n) is 1.20. The molecule has 76 valence electrons. The van der Waals surface area contributed by atoms with E-state index in [1.54, 1.807) is 0 Å². The van der Waals surface area contributed by atoms with Crippen LogP contribution < -0.4 is 4.90 Å². The Morgan fingerprint density at radius 2 is 2.07 bits per heavy atom. The second kappa shape index (κ2) is 4.60. The van der Waals surface area contributed by atoms with Crippen LogP contribution >= 0.6 is 15.9 Å². The van der Waals surface area contributed by atoms with Crippen LogP contribution in [0.2, 0.25) is 0 Å². The first kappa shape index (κ1) is 11.2. The number of ketones is 1. The van der Waals surface area contributed by atoms with Crippen LogP contribution in [0.5, 0.6) is 0 Å².